The average molecular weight is 303 g/mol. The van der Waals surface area contributed by atoms with Gasteiger partial charge in [0.25, 0.3) is 0 Å². The molecule has 0 spiro atoms. The number of nitrogens with two attached hydrogens (primary N) is 1. The van der Waals surface area contributed by atoms with E-state index < -0.39 is 29.9 Å². The van der Waals surface area contributed by atoms with E-state index in [9.17, 15) is 19.2 Å². The largest absolute Gasteiger partial charge is 0.325 e. The lowest BCUT2D eigenvalue weighted by molar-refractivity contribution is -0.126. The molecule has 0 aromatic heterocycles. The molecule has 115 valence electrons. The molecule has 8 heteroatoms. The average Bonchev–Trinajstić information content (AvgIpc) is 2.48. The van der Waals surface area contributed by atoms with E-state index >= 15 is 0 Å². The lowest BCUT2D eigenvalue weighted by Crippen LogP contribution is -2.56. The maximum absolute atomic E-state index is 12.0. The van der Waals surface area contributed by atoms with Gasteiger partial charge in [-0.3, -0.25) is 19.7 Å². The predicted molar refractivity (Wildman–Crippen MR) is 77.5 cm³/mol. The number of carbonyl (C=O) groups excluding carboxylic acids is 4. The smallest absolute Gasteiger partial charge is 0.322 e. The molecule has 0 unspecified atom stereocenters. The highest BCUT2D eigenvalue weighted by Crippen LogP contribution is 2.12. The van der Waals surface area contributed by atoms with Crippen LogP contribution in [0.5, 0.6) is 0 Å². The van der Waals surface area contributed by atoms with Gasteiger partial charge in [-0.15, -0.1) is 0 Å². The zero-order valence-corrected chi connectivity index (χ0v) is 11.6. The third-order valence-electron chi connectivity index (χ3n) is 3.09. The second-order valence-corrected chi connectivity index (χ2v) is 4.89. The summed E-state index contributed by atoms with van der Waals surface area (Å²) in [6.07, 6.45) is 1.94. The van der Waals surface area contributed by atoms with Gasteiger partial charge in [0.05, 0.1) is 12.5 Å². The highest BCUT2D eigenvalue weighted by Gasteiger charge is 2.29. The molecule has 1 fully saturated rings. The Hall–Kier alpha value is -2.74. The van der Waals surface area contributed by atoms with Crippen molar-refractivity contribution in [1.29, 1.82) is 0 Å². The molecule has 0 aliphatic carbocycles. The number of benzene rings is 1. The molecule has 8 nitrogen and oxygen atoms in total. The topological polar surface area (TPSA) is 130 Å². The minimum atomic E-state index is -0.904. The molecule has 1 aliphatic rings. The van der Waals surface area contributed by atoms with Gasteiger partial charge < -0.3 is 16.4 Å². The third-order valence-corrected chi connectivity index (χ3v) is 3.09. The van der Waals surface area contributed by atoms with Gasteiger partial charge in [-0.2, -0.15) is 0 Å². The highest BCUT2D eigenvalue weighted by atomic mass is 16.2. The van der Waals surface area contributed by atoms with Gasteiger partial charge in [-0.25, -0.2) is 4.79 Å². The van der Waals surface area contributed by atoms with Crippen LogP contribution in [0.2, 0.25) is 0 Å². The summed E-state index contributed by atoms with van der Waals surface area (Å²) >= 11 is 0. The number of nitrogens with one attached hydrogen (secondary N) is 3. The normalized spacial score (nSPS) is 18.9. The quantitative estimate of drug-likeness (QED) is 0.566. The van der Waals surface area contributed by atoms with Crippen molar-refractivity contribution in [3.05, 3.63) is 29.8 Å². The van der Waals surface area contributed by atoms with Gasteiger partial charge in [-0.05, 0) is 24.1 Å². The molecule has 4 amide bonds. The van der Waals surface area contributed by atoms with Gasteiger partial charge in [0.1, 0.15) is 6.04 Å². The van der Waals surface area contributed by atoms with Crippen LogP contribution in [-0.2, 0) is 20.8 Å². The molecule has 2 rings (SSSR count). The summed E-state index contributed by atoms with van der Waals surface area (Å²) in [5.74, 6) is -0.979. The van der Waals surface area contributed by atoms with Crippen LogP contribution in [-0.4, -0.2) is 36.2 Å². The summed E-state index contributed by atoms with van der Waals surface area (Å²) < 4.78 is 0. The summed E-state index contributed by atoms with van der Waals surface area (Å²) in [7, 11) is 0. The van der Waals surface area contributed by atoms with Crippen LogP contribution in [0.3, 0.4) is 0 Å². The van der Waals surface area contributed by atoms with Crippen LogP contribution in [0.1, 0.15) is 12.0 Å². The zero-order chi connectivity index (χ0) is 16.1. The molecule has 1 aromatic rings. The molecule has 1 saturated heterocycles. The maximum Gasteiger partial charge on any atom is 0.322 e. The summed E-state index contributed by atoms with van der Waals surface area (Å²) in [6, 6.07) is 4.46. The summed E-state index contributed by atoms with van der Waals surface area (Å²) in [5, 5.41) is 7.02. The van der Waals surface area contributed by atoms with Crippen LogP contribution in [0, 0.1) is 0 Å². The minimum absolute atomic E-state index is 0.111. The second kappa shape index (κ2) is 6.81. The van der Waals surface area contributed by atoms with Crippen LogP contribution < -0.4 is 21.7 Å². The molecular formula is C14H15N4O4. The third kappa shape index (κ3) is 4.13. The van der Waals surface area contributed by atoms with Crippen molar-refractivity contribution in [1.82, 2.24) is 10.6 Å². The molecular weight excluding hydrogens is 288 g/mol. The van der Waals surface area contributed by atoms with E-state index in [1.807, 2.05) is 5.32 Å². The van der Waals surface area contributed by atoms with Crippen molar-refractivity contribution in [3.8, 4) is 0 Å². The van der Waals surface area contributed by atoms with Crippen molar-refractivity contribution >= 4 is 29.8 Å². The van der Waals surface area contributed by atoms with Crippen molar-refractivity contribution < 1.29 is 19.2 Å². The Bertz CT molecular complexity index is 583. The minimum Gasteiger partial charge on any atom is -0.325 e. The summed E-state index contributed by atoms with van der Waals surface area (Å²) in [4.78, 5) is 44.7. The fraction of sp³-hybridized carbons (Fsp3) is 0.286. The van der Waals surface area contributed by atoms with Crippen LogP contribution in [0.25, 0.3) is 0 Å². The number of imide groups is 1. The highest BCUT2D eigenvalue weighted by molar-refractivity contribution is 6.05. The van der Waals surface area contributed by atoms with Crippen molar-refractivity contribution in [3.63, 3.8) is 0 Å². The second-order valence-electron chi connectivity index (χ2n) is 4.89. The van der Waals surface area contributed by atoms with Crippen LogP contribution >= 0.6 is 0 Å². The van der Waals surface area contributed by atoms with Crippen molar-refractivity contribution in [2.75, 3.05) is 5.32 Å². The Morgan fingerprint density at radius 2 is 2.05 bits per heavy atom. The van der Waals surface area contributed by atoms with Gasteiger partial charge in [0, 0.05) is 5.69 Å². The fourth-order valence-corrected chi connectivity index (χ4v) is 2.02. The molecule has 2 atom stereocenters. The van der Waals surface area contributed by atoms with E-state index in [0.717, 1.165) is 5.56 Å². The molecule has 1 aromatic carbocycles. The van der Waals surface area contributed by atoms with Crippen molar-refractivity contribution in [2.24, 2.45) is 5.73 Å². The first-order valence-electron chi connectivity index (χ1n) is 6.61. The number of carbonyl (C=O) groups is 3. The Kier molecular flexibility index (Phi) is 4.84. The van der Waals surface area contributed by atoms with E-state index in [1.54, 1.807) is 30.6 Å². The van der Waals surface area contributed by atoms with E-state index in [2.05, 4.69) is 10.6 Å². The molecule has 1 heterocycles. The van der Waals surface area contributed by atoms with E-state index in [0.29, 0.717) is 12.1 Å². The molecule has 0 saturated carbocycles. The zero-order valence-electron chi connectivity index (χ0n) is 11.6. The van der Waals surface area contributed by atoms with Gasteiger partial charge >= 0.3 is 6.03 Å². The molecule has 1 aliphatic heterocycles. The van der Waals surface area contributed by atoms with Gasteiger partial charge in [0.15, 0.2) is 0 Å². The first-order valence-corrected chi connectivity index (χ1v) is 6.61. The number of rotatable bonds is 5. The SMILES string of the molecule is N[C@H]([C]=O)Cc1ccc(NC(=O)[C@@H]2CC(=O)NC(=O)N2)cc1. The molecule has 5 N–H and O–H groups in total. The Morgan fingerprint density at radius 3 is 2.64 bits per heavy atom. The first kappa shape index (κ1) is 15.6. The van der Waals surface area contributed by atoms with E-state index in [-0.39, 0.29) is 6.42 Å². The van der Waals surface area contributed by atoms with Crippen molar-refractivity contribution in [2.45, 2.75) is 24.9 Å². The molecule has 22 heavy (non-hydrogen) atoms. The number of urea groups is 1. The Labute approximate surface area is 126 Å². The Balaban J connectivity index is 1.95. The van der Waals surface area contributed by atoms with E-state index in [1.165, 1.54) is 0 Å². The fourth-order valence-electron chi connectivity index (χ4n) is 2.02. The predicted octanol–water partition coefficient (Wildman–Crippen LogP) is -0.797. The van der Waals surface area contributed by atoms with Gasteiger partial charge in [-0.1, -0.05) is 12.1 Å². The standard InChI is InChI=1S/C14H15N4O4/c15-9(7-19)5-8-1-3-10(4-2-8)16-13(21)11-6-12(20)18-14(22)17-11/h1-4,9,11H,5-6,15H2,(H,16,21)(H2,17,18,20,22)/t9-,11-/m0/s1. The number of amides is 4. The van der Waals surface area contributed by atoms with Crippen LogP contribution in [0.15, 0.2) is 24.3 Å². The number of hydrogen-bond donors (Lipinski definition) is 4. The summed E-state index contributed by atoms with van der Waals surface area (Å²) in [5.41, 5.74) is 6.82. The lowest BCUT2D eigenvalue weighted by atomic mass is 10.1. The van der Waals surface area contributed by atoms with Gasteiger partial charge in [0.2, 0.25) is 18.1 Å². The summed E-state index contributed by atoms with van der Waals surface area (Å²) in [6.45, 7) is 0. The Morgan fingerprint density at radius 1 is 1.36 bits per heavy atom. The first-order chi connectivity index (χ1) is 10.5. The number of anilines is 1. The maximum atomic E-state index is 12.0. The van der Waals surface area contributed by atoms with Crippen LogP contribution in [0.4, 0.5) is 10.5 Å². The molecule has 1 radical (unpaired) electrons. The lowest BCUT2D eigenvalue weighted by Gasteiger charge is -2.22. The molecule has 0 bridgehead atoms. The number of hydrogen-bond acceptors (Lipinski definition) is 5. The monoisotopic (exact) mass is 303 g/mol. The van der Waals surface area contributed by atoms with E-state index in [4.69, 9.17) is 5.73 Å².